The van der Waals surface area contributed by atoms with Crippen molar-refractivity contribution in [1.82, 2.24) is 0 Å². The number of methoxy groups -OCH3 is 1. The largest absolute Gasteiger partial charge is 0.413 e. The minimum absolute atomic E-state index is 0.0499. The fraction of sp³-hybridized carbons (Fsp3) is 0.912. The number of aliphatic hydroxyl groups excluding tert-OH is 1. The molecule has 1 aliphatic carbocycles. The highest BCUT2D eigenvalue weighted by Crippen LogP contribution is 2.46. The second kappa shape index (κ2) is 16.1. The van der Waals surface area contributed by atoms with E-state index in [0.717, 1.165) is 32.0 Å². The Labute approximate surface area is 256 Å². The summed E-state index contributed by atoms with van der Waals surface area (Å²) in [6, 6.07) is 0. The van der Waals surface area contributed by atoms with E-state index in [0.29, 0.717) is 34.5 Å². The molecule has 41 heavy (non-hydrogen) atoms. The Kier molecular flexibility index (Phi) is 15.2. The lowest BCUT2D eigenvalue weighted by Gasteiger charge is -2.48. The van der Waals surface area contributed by atoms with E-state index in [9.17, 15) is 9.90 Å². The van der Waals surface area contributed by atoms with Crippen LogP contribution in [0.1, 0.15) is 115 Å². The number of aldehydes is 1. The van der Waals surface area contributed by atoms with Crippen molar-refractivity contribution in [3.8, 4) is 0 Å². The third-order valence-corrected chi connectivity index (χ3v) is 21.2. The van der Waals surface area contributed by atoms with Crippen molar-refractivity contribution in [2.45, 2.75) is 174 Å². The number of allylic oxidation sites excluding steroid dienone is 1. The Morgan fingerprint density at radius 2 is 1.49 bits per heavy atom. The maximum absolute atomic E-state index is 11.5. The third-order valence-electron chi connectivity index (χ3n) is 10.6. The molecule has 1 rings (SSSR count). The standard InChI is InChI=1S/C34H68O5Si2/c1-23(2)41(24(3)4,25(5)6)39-31-17-16-29(20-33(31)37-13)19-27(8)30(36)21-32(28(9)18-26(7)22-35)38-40(14,15)34(10,11)12/h18,22-25,27-33,36H,16-17,19-21H2,1-15H3/b26-18+/t27-,28-,29+,30+,31-,32+,33-/m1/s1. The van der Waals surface area contributed by atoms with Gasteiger partial charge < -0.3 is 18.7 Å². The summed E-state index contributed by atoms with van der Waals surface area (Å²) in [5.74, 6) is 0.709. The van der Waals surface area contributed by atoms with E-state index in [1.807, 2.05) is 20.1 Å². The quantitative estimate of drug-likeness (QED) is 0.107. The smallest absolute Gasteiger partial charge is 0.200 e. The molecule has 0 aliphatic heterocycles. The number of carbonyl (C=O) groups is 1. The predicted molar refractivity (Wildman–Crippen MR) is 180 cm³/mol. The number of hydrogen-bond donors (Lipinski definition) is 1. The lowest BCUT2D eigenvalue weighted by atomic mass is 9.78. The summed E-state index contributed by atoms with van der Waals surface area (Å²) in [7, 11) is -2.20. The van der Waals surface area contributed by atoms with Crippen LogP contribution in [0, 0.1) is 17.8 Å². The minimum Gasteiger partial charge on any atom is -0.413 e. The summed E-state index contributed by atoms with van der Waals surface area (Å²) < 4.78 is 20.1. The fourth-order valence-corrected chi connectivity index (χ4v) is 14.1. The normalized spacial score (nSPS) is 24.6. The SMILES string of the molecule is CO[C@@H]1C[C@H](C[C@@H](C)[C@@H](O)C[C@H](O[Si](C)(C)C(C)(C)C)[C@H](C)/C=C(\C)C=O)CC[C@H]1O[Si](C(C)C)(C(C)C)C(C)C. The first-order valence-electron chi connectivity index (χ1n) is 16.4. The lowest BCUT2D eigenvalue weighted by Crippen LogP contribution is -2.53. The van der Waals surface area contributed by atoms with Gasteiger partial charge in [-0.1, -0.05) is 82.2 Å². The molecule has 5 nitrogen and oxygen atoms in total. The van der Waals surface area contributed by atoms with Gasteiger partial charge in [-0.3, -0.25) is 4.79 Å². The van der Waals surface area contributed by atoms with Crippen LogP contribution in [0.25, 0.3) is 0 Å². The molecule has 7 heteroatoms. The van der Waals surface area contributed by atoms with Crippen LogP contribution in [0.2, 0.25) is 34.8 Å². The van der Waals surface area contributed by atoms with Crippen molar-refractivity contribution in [2.24, 2.45) is 17.8 Å². The van der Waals surface area contributed by atoms with Gasteiger partial charge in [-0.05, 0) is 97.1 Å². The van der Waals surface area contributed by atoms with E-state index in [2.05, 4.69) is 89.3 Å². The van der Waals surface area contributed by atoms with Gasteiger partial charge in [0.05, 0.1) is 24.4 Å². The van der Waals surface area contributed by atoms with Crippen molar-refractivity contribution in [3.63, 3.8) is 0 Å². The van der Waals surface area contributed by atoms with Crippen molar-refractivity contribution in [1.29, 1.82) is 0 Å². The predicted octanol–water partition coefficient (Wildman–Crippen LogP) is 9.31. The van der Waals surface area contributed by atoms with Gasteiger partial charge in [0.1, 0.15) is 6.29 Å². The molecule has 1 N–H and O–H groups in total. The number of ether oxygens (including phenoxy) is 1. The van der Waals surface area contributed by atoms with Gasteiger partial charge in [0.15, 0.2) is 8.32 Å². The molecule has 1 aliphatic rings. The maximum Gasteiger partial charge on any atom is 0.200 e. The molecular formula is C34H68O5Si2. The van der Waals surface area contributed by atoms with E-state index >= 15 is 0 Å². The first kappa shape index (κ1) is 38.7. The molecule has 1 fully saturated rings. The fourth-order valence-electron chi connectivity index (χ4n) is 7.09. The molecule has 242 valence electrons. The molecule has 0 unspecified atom stereocenters. The maximum atomic E-state index is 11.5. The van der Waals surface area contributed by atoms with Crippen LogP contribution in [0.4, 0.5) is 0 Å². The molecule has 0 aromatic rings. The summed E-state index contributed by atoms with van der Waals surface area (Å²) in [5, 5.41) is 11.5. The Morgan fingerprint density at radius 1 is 0.951 bits per heavy atom. The number of rotatable bonds is 16. The van der Waals surface area contributed by atoms with Crippen LogP contribution in [0.15, 0.2) is 11.6 Å². The van der Waals surface area contributed by atoms with Crippen molar-refractivity contribution in [3.05, 3.63) is 11.6 Å². The van der Waals surface area contributed by atoms with E-state index in [1.165, 1.54) is 0 Å². The van der Waals surface area contributed by atoms with Gasteiger partial charge in [0.2, 0.25) is 8.32 Å². The van der Waals surface area contributed by atoms with E-state index < -0.39 is 22.7 Å². The first-order chi connectivity index (χ1) is 18.7. The zero-order valence-corrected chi connectivity index (χ0v) is 31.5. The van der Waals surface area contributed by atoms with Gasteiger partial charge in [-0.15, -0.1) is 0 Å². The summed E-state index contributed by atoms with van der Waals surface area (Å²) in [5.41, 5.74) is 2.39. The zero-order valence-electron chi connectivity index (χ0n) is 29.5. The van der Waals surface area contributed by atoms with Crippen LogP contribution in [0.3, 0.4) is 0 Å². The summed E-state index contributed by atoms with van der Waals surface area (Å²) in [4.78, 5) is 11.3. The van der Waals surface area contributed by atoms with Crippen LogP contribution in [-0.4, -0.2) is 59.6 Å². The molecule has 0 radical (unpaired) electrons. The van der Waals surface area contributed by atoms with Crippen LogP contribution >= 0.6 is 0 Å². The highest BCUT2D eigenvalue weighted by Gasteiger charge is 2.48. The Bertz CT molecular complexity index is 795. The minimum atomic E-state index is -2.06. The Hall–Kier alpha value is -0.316. The highest BCUT2D eigenvalue weighted by atomic mass is 28.4. The average molecular weight is 613 g/mol. The van der Waals surface area contributed by atoms with Crippen LogP contribution < -0.4 is 0 Å². The van der Waals surface area contributed by atoms with Crippen LogP contribution in [-0.2, 0) is 18.4 Å². The van der Waals surface area contributed by atoms with E-state index in [1.54, 1.807) is 0 Å². The second-order valence-corrected chi connectivity index (χ2v) is 25.9. The molecule has 1 saturated carbocycles. The monoisotopic (exact) mass is 612 g/mol. The van der Waals surface area contributed by atoms with Gasteiger partial charge in [-0.25, -0.2) is 0 Å². The molecule has 0 aromatic heterocycles. The first-order valence-corrected chi connectivity index (χ1v) is 21.5. The average Bonchev–Trinajstić information content (AvgIpc) is 2.85. The molecule has 0 amide bonds. The van der Waals surface area contributed by atoms with Gasteiger partial charge >= 0.3 is 0 Å². The molecule has 0 bridgehead atoms. The van der Waals surface area contributed by atoms with Crippen LogP contribution in [0.5, 0.6) is 0 Å². The Balaban J connectivity index is 2.99. The van der Waals surface area contributed by atoms with Crippen molar-refractivity contribution < 1.29 is 23.5 Å². The zero-order chi connectivity index (χ0) is 31.9. The molecule has 7 atom stereocenters. The number of aliphatic hydroxyl groups is 1. The van der Waals surface area contributed by atoms with Gasteiger partial charge in [0, 0.05) is 7.11 Å². The third kappa shape index (κ3) is 10.4. The van der Waals surface area contributed by atoms with Crippen molar-refractivity contribution >= 4 is 22.9 Å². The highest BCUT2D eigenvalue weighted by molar-refractivity contribution is 6.77. The number of carbonyl (C=O) groups excluding carboxylic acids is 1. The molecule has 0 aromatic carbocycles. The molecular weight excluding hydrogens is 545 g/mol. The summed E-state index contributed by atoms with van der Waals surface area (Å²) in [6.07, 6.45) is 7.25. The molecule has 0 heterocycles. The van der Waals surface area contributed by atoms with E-state index in [4.69, 9.17) is 13.6 Å². The van der Waals surface area contributed by atoms with E-state index in [-0.39, 0.29) is 35.2 Å². The number of hydrogen-bond acceptors (Lipinski definition) is 5. The van der Waals surface area contributed by atoms with Crippen molar-refractivity contribution in [2.75, 3.05) is 7.11 Å². The molecule has 0 spiro atoms. The van der Waals surface area contributed by atoms with Gasteiger partial charge in [0.25, 0.3) is 0 Å². The summed E-state index contributed by atoms with van der Waals surface area (Å²) in [6.45, 7) is 31.5. The second-order valence-electron chi connectivity index (χ2n) is 15.7. The lowest BCUT2D eigenvalue weighted by molar-refractivity contribution is -0.104. The summed E-state index contributed by atoms with van der Waals surface area (Å²) >= 11 is 0. The topological polar surface area (TPSA) is 65.0 Å². The Morgan fingerprint density at radius 3 is 1.93 bits per heavy atom. The van der Waals surface area contributed by atoms with Gasteiger partial charge in [-0.2, -0.15) is 0 Å². The molecule has 0 saturated heterocycles.